The molecule has 0 saturated carbocycles. The molecule has 2 N–H and O–H groups in total. The van der Waals surface area contributed by atoms with E-state index in [0.29, 0.717) is 13.0 Å². The molecule has 0 atom stereocenters. The molecule has 1 rings (SSSR count). The Morgan fingerprint density at radius 2 is 1.85 bits per heavy atom. The predicted octanol–water partition coefficient (Wildman–Crippen LogP) is 2.72. The van der Waals surface area contributed by atoms with Crippen LogP contribution in [0.2, 0.25) is 0 Å². The topological polar surface area (TPSA) is 81.2 Å². The summed E-state index contributed by atoms with van der Waals surface area (Å²) in [5, 5.41) is 6.52. The van der Waals surface area contributed by atoms with Gasteiger partial charge in [-0.25, -0.2) is 0 Å². The first-order valence-corrected chi connectivity index (χ1v) is 8.36. The highest BCUT2D eigenvalue weighted by Crippen LogP contribution is 2.24. The summed E-state index contributed by atoms with van der Waals surface area (Å²) in [7, 11) is 6.42. The first kappa shape index (κ1) is 24.3. The maximum Gasteiger partial charge on any atom is 0.305 e. The molecule has 0 fully saturated rings. The summed E-state index contributed by atoms with van der Waals surface area (Å²) in [6.07, 6.45) is 3.24. The number of carbonyl (C=O) groups is 1. The molecule has 0 aliphatic heterocycles. The number of benzene rings is 1. The molecule has 0 amide bonds. The van der Waals surface area contributed by atoms with Crippen molar-refractivity contribution in [3.8, 4) is 11.5 Å². The monoisotopic (exact) mass is 479 g/mol. The van der Waals surface area contributed by atoms with Gasteiger partial charge >= 0.3 is 5.97 Å². The third-order valence-corrected chi connectivity index (χ3v) is 3.74. The predicted molar refractivity (Wildman–Crippen MR) is 114 cm³/mol. The summed E-state index contributed by atoms with van der Waals surface area (Å²) in [6.45, 7) is 1.38. The van der Waals surface area contributed by atoms with E-state index in [2.05, 4.69) is 20.4 Å². The highest BCUT2D eigenvalue weighted by atomic mass is 127. The maximum atomic E-state index is 11.0. The number of ether oxygens (including phenoxy) is 3. The van der Waals surface area contributed by atoms with Gasteiger partial charge < -0.3 is 24.8 Å². The molecule has 0 aliphatic rings. The third-order valence-electron chi connectivity index (χ3n) is 3.74. The minimum atomic E-state index is -0.154. The number of aliphatic imine (C=N–C) groups is 1. The minimum Gasteiger partial charge on any atom is -0.497 e. The van der Waals surface area contributed by atoms with Crippen molar-refractivity contribution < 1.29 is 19.0 Å². The average molecular weight is 479 g/mol. The second-order valence-electron chi connectivity index (χ2n) is 5.42. The fraction of sp³-hybridized carbons (Fsp3) is 0.556. The lowest BCUT2D eigenvalue weighted by Gasteiger charge is -2.14. The first-order chi connectivity index (χ1) is 12.1. The molecule has 0 bridgehead atoms. The Morgan fingerprint density at radius 1 is 1.08 bits per heavy atom. The Morgan fingerprint density at radius 3 is 2.46 bits per heavy atom. The summed E-state index contributed by atoms with van der Waals surface area (Å²) in [5.41, 5.74) is 1.02. The zero-order valence-electron chi connectivity index (χ0n) is 16.0. The Balaban J connectivity index is 0.00000625. The van der Waals surface area contributed by atoms with Gasteiger partial charge in [-0.3, -0.25) is 9.79 Å². The van der Waals surface area contributed by atoms with Gasteiger partial charge in [0.1, 0.15) is 11.5 Å². The number of esters is 1. The quantitative estimate of drug-likeness (QED) is 0.177. The summed E-state index contributed by atoms with van der Waals surface area (Å²) >= 11 is 0. The Labute approximate surface area is 172 Å². The molecule has 148 valence electrons. The summed E-state index contributed by atoms with van der Waals surface area (Å²) in [6, 6.07) is 5.72. The number of carbonyl (C=O) groups excluding carboxylic acids is 1. The normalized spacial score (nSPS) is 10.5. The van der Waals surface area contributed by atoms with Crippen molar-refractivity contribution in [3.63, 3.8) is 0 Å². The van der Waals surface area contributed by atoms with Gasteiger partial charge in [-0.2, -0.15) is 0 Å². The van der Waals surface area contributed by atoms with E-state index in [4.69, 9.17) is 9.47 Å². The van der Waals surface area contributed by atoms with Crippen molar-refractivity contribution >= 4 is 35.9 Å². The van der Waals surface area contributed by atoms with E-state index in [1.54, 1.807) is 21.3 Å². The number of halogens is 1. The van der Waals surface area contributed by atoms with E-state index in [1.807, 2.05) is 18.2 Å². The van der Waals surface area contributed by atoms with Crippen LogP contribution in [-0.4, -0.2) is 46.9 Å². The minimum absolute atomic E-state index is 0. The van der Waals surface area contributed by atoms with Gasteiger partial charge in [-0.1, -0.05) is 6.42 Å². The molecular formula is C18H30IN3O4. The third kappa shape index (κ3) is 9.12. The Kier molecular flexibility index (Phi) is 13.5. The van der Waals surface area contributed by atoms with Crippen molar-refractivity contribution in [2.45, 2.75) is 32.2 Å². The standard InChI is InChI=1S/C18H29N3O4.HI/c1-19-18(20-11-7-5-6-8-17(22)25-4)21-13-14-9-10-15(23-2)12-16(14)24-3;/h9-10,12H,5-8,11,13H2,1-4H3,(H2,19,20,21);1H. The second kappa shape index (κ2) is 14.5. The number of unbranched alkanes of at least 4 members (excludes halogenated alkanes) is 2. The molecular weight excluding hydrogens is 449 g/mol. The highest BCUT2D eigenvalue weighted by molar-refractivity contribution is 14.0. The molecule has 8 heteroatoms. The average Bonchev–Trinajstić information content (AvgIpc) is 2.66. The summed E-state index contributed by atoms with van der Waals surface area (Å²) < 4.78 is 15.2. The molecule has 26 heavy (non-hydrogen) atoms. The van der Waals surface area contributed by atoms with Gasteiger partial charge in [-0.05, 0) is 25.0 Å². The molecule has 1 aromatic rings. The fourth-order valence-corrected chi connectivity index (χ4v) is 2.28. The van der Waals surface area contributed by atoms with E-state index in [-0.39, 0.29) is 29.9 Å². The molecule has 0 unspecified atom stereocenters. The van der Waals surface area contributed by atoms with E-state index < -0.39 is 0 Å². The van der Waals surface area contributed by atoms with E-state index >= 15 is 0 Å². The molecule has 7 nitrogen and oxygen atoms in total. The van der Waals surface area contributed by atoms with Crippen molar-refractivity contribution in [1.82, 2.24) is 10.6 Å². The molecule has 1 aromatic carbocycles. The molecule has 0 radical (unpaired) electrons. The number of hydrogen-bond acceptors (Lipinski definition) is 5. The molecule has 0 spiro atoms. The van der Waals surface area contributed by atoms with Gasteiger partial charge in [-0.15, -0.1) is 24.0 Å². The van der Waals surface area contributed by atoms with Crippen molar-refractivity contribution in [2.24, 2.45) is 4.99 Å². The number of rotatable bonds is 10. The van der Waals surface area contributed by atoms with Crippen LogP contribution < -0.4 is 20.1 Å². The van der Waals surface area contributed by atoms with Crippen LogP contribution >= 0.6 is 24.0 Å². The van der Waals surface area contributed by atoms with Crippen molar-refractivity contribution in [2.75, 3.05) is 34.9 Å². The van der Waals surface area contributed by atoms with Gasteiger partial charge in [0.15, 0.2) is 5.96 Å². The van der Waals surface area contributed by atoms with Crippen LogP contribution in [0, 0.1) is 0 Å². The van der Waals surface area contributed by atoms with Crippen LogP contribution in [0.4, 0.5) is 0 Å². The lowest BCUT2D eigenvalue weighted by Crippen LogP contribution is -2.37. The molecule has 0 saturated heterocycles. The zero-order valence-corrected chi connectivity index (χ0v) is 18.3. The van der Waals surface area contributed by atoms with Crippen molar-refractivity contribution in [3.05, 3.63) is 23.8 Å². The largest absolute Gasteiger partial charge is 0.497 e. The number of hydrogen-bond donors (Lipinski definition) is 2. The number of nitrogens with one attached hydrogen (secondary N) is 2. The SMILES string of the molecule is CN=C(NCCCCCC(=O)OC)NCc1ccc(OC)cc1OC.I. The van der Waals surface area contributed by atoms with Crippen LogP contribution in [-0.2, 0) is 16.1 Å². The Bertz CT molecular complexity index is 567. The van der Waals surface area contributed by atoms with Gasteiger partial charge in [0, 0.05) is 38.2 Å². The lowest BCUT2D eigenvalue weighted by molar-refractivity contribution is -0.140. The molecule has 0 aliphatic carbocycles. The van der Waals surface area contributed by atoms with E-state index in [1.165, 1.54) is 7.11 Å². The zero-order chi connectivity index (χ0) is 18.5. The smallest absolute Gasteiger partial charge is 0.305 e. The van der Waals surface area contributed by atoms with Crippen LogP contribution in [0.3, 0.4) is 0 Å². The van der Waals surface area contributed by atoms with Crippen LogP contribution in [0.5, 0.6) is 11.5 Å². The lowest BCUT2D eigenvalue weighted by atomic mass is 10.2. The van der Waals surface area contributed by atoms with E-state index in [0.717, 1.165) is 48.8 Å². The number of methoxy groups -OCH3 is 3. The van der Waals surface area contributed by atoms with Crippen molar-refractivity contribution in [1.29, 1.82) is 0 Å². The van der Waals surface area contributed by atoms with Gasteiger partial charge in [0.25, 0.3) is 0 Å². The van der Waals surface area contributed by atoms with Crippen LogP contribution in [0.15, 0.2) is 23.2 Å². The van der Waals surface area contributed by atoms with Crippen LogP contribution in [0.1, 0.15) is 31.2 Å². The number of nitrogens with zero attached hydrogens (tertiary/aromatic N) is 1. The van der Waals surface area contributed by atoms with Crippen LogP contribution in [0.25, 0.3) is 0 Å². The Hall–Kier alpha value is -1.71. The summed E-state index contributed by atoms with van der Waals surface area (Å²) in [5.74, 6) is 2.10. The number of guanidine groups is 1. The van der Waals surface area contributed by atoms with Gasteiger partial charge in [0.05, 0.1) is 21.3 Å². The highest BCUT2D eigenvalue weighted by Gasteiger charge is 2.06. The van der Waals surface area contributed by atoms with Gasteiger partial charge in [0.2, 0.25) is 0 Å². The second-order valence-corrected chi connectivity index (χ2v) is 5.42. The molecule has 0 aromatic heterocycles. The first-order valence-electron chi connectivity index (χ1n) is 8.36. The maximum absolute atomic E-state index is 11.0. The molecule has 0 heterocycles. The fourth-order valence-electron chi connectivity index (χ4n) is 2.28. The summed E-state index contributed by atoms with van der Waals surface area (Å²) in [4.78, 5) is 15.2. The van der Waals surface area contributed by atoms with E-state index in [9.17, 15) is 4.79 Å².